The van der Waals surface area contributed by atoms with Gasteiger partial charge in [-0.25, -0.2) is 8.42 Å². The molecule has 0 bridgehead atoms. The van der Waals surface area contributed by atoms with Crippen molar-refractivity contribution in [2.45, 2.75) is 17.9 Å². The third kappa shape index (κ3) is 3.99. The van der Waals surface area contributed by atoms with Crippen LogP contribution >= 0.6 is 27.3 Å². The van der Waals surface area contributed by atoms with Gasteiger partial charge in [0.25, 0.3) is 15.9 Å². The van der Waals surface area contributed by atoms with Crippen LogP contribution in [-0.4, -0.2) is 25.8 Å². The Labute approximate surface area is 176 Å². The Morgan fingerprint density at radius 1 is 1.07 bits per heavy atom. The van der Waals surface area contributed by atoms with Gasteiger partial charge in [0.05, 0.1) is 9.77 Å². The molecule has 0 fully saturated rings. The van der Waals surface area contributed by atoms with E-state index in [-0.39, 0.29) is 10.8 Å². The zero-order valence-electron chi connectivity index (χ0n) is 14.8. The Hall–Kier alpha value is -2.16. The molecular formula is C20H17BrN2O3S2. The first-order chi connectivity index (χ1) is 13.4. The van der Waals surface area contributed by atoms with Crippen LogP contribution in [-0.2, 0) is 23.0 Å². The van der Waals surface area contributed by atoms with Crippen molar-refractivity contribution < 1.29 is 13.2 Å². The molecule has 1 aliphatic rings. The summed E-state index contributed by atoms with van der Waals surface area (Å²) in [7, 11) is -3.67. The maximum atomic E-state index is 12.6. The van der Waals surface area contributed by atoms with Gasteiger partial charge in [0.15, 0.2) is 0 Å². The van der Waals surface area contributed by atoms with E-state index in [0.717, 1.165) is 26.9 Å². The highest BCUT2D eigenvalue weighted by Crippen LogP contribution is 2.26. The number of nitrogens with zero attached hydrogens (tertiary/aromatic N) is 1. The number of hydrogen-bond donors (Lipinski definition) is 1. The molecule has 4 rings (SSSR count). The van der Waals surface area contributed by atoms with E-state index in [9.17, 15) is 13.2 Å². The standard InChI is InChI=1S/C20H17BrN2O3S2/c21-16-4-7-18(8-5-16)28(25,26)22-17-6-3-14-9-10-23(13-15(14)12-17)20(24)19-2-1-11-27-19/h1-8,11-12,22H,9-10,13H2. The molecule has 8 heteroatoms. The van der Waals surface area contributed by atoms with E-state index in [1.165, 1.54) is 11.3 Å². The minimum absolute atomic E-state index is 0.0153. The number of carbonyl (C=O) groups is 1. The van der Waals surface area contributed by atoms with Crippen molar-refractivity contribution in [3.8, 4) is 0 Å². The predicted molar refractivity (Wildman–Crippen MR) is 114 cm³/mol. The number of nitrogens with one attached hydrogen (secondary N) is 1. The number of anilines is 1. The number of fused-ring (bicyclic) bond motifs is 1. The smallest absolute Gasteiger partial charge is 0.264 e. The van der Waals surface area contributed by atoms with E-state index in [1.807, 2.05) is 29.6 Å². The maximum absolute atomic E-state index is 12.6. The number of hydrogen-bond acceptors (Lipinski definition) is 4. The highest BCUT2D eigenvalue weighted by molar-refractivity contribution is 9.10. The first-order valence-corrected chi connectivity index (χ1v) is 11.8. The van der Waals surface area contributed by atoms with Crippen molar-refractivity contribution in [1.82, 2.24) is 4.90 Å². The molecule has 0 unspecified atom stereocenters. The summed E-state index contributed by atoms with van der Waals surface area (Å²) in [6.45, 7) is 1.13. The van der Waals surface area contributed by atoms with Crippen molar-refractivity contribution in [1.29, 1.82) is 0 Å². The SMILES string of the molecule is O=C(c1cccs1)N1CCc2ccc(NS(=O)(=O)c3ccc(Br)cc3)cc2C1. The molecule has 0 radical (unpaired) electrons. The first kappa shape index (κ1) is 19.2. The van der Waals surface area contributed by atoms with E-state index < -0.39 is 10.0 Å². The minimum atomic E-state index is -3.67. The molecule has 2 heterocycles. The Morgan fingerprint density at radius 3 is 2.57 bits per heavy atom. The molecule has 1 aromatic heterocycles. The van der Waals surface area contributed by atoms with Crippen molar-refractivity contribution >= 4 is 48.9 Å². The molecule has 2 aromatic carbocycles. The van der Waals surface area contributed by atoms with Gasteiger partial charge in [-0.15, -0.1) is 11.3 Å². The molecule has 144 valence electrons. The lowest BCUT2D eigenvalue weighted by Crippen LogP contribution is -2.35. The summed E-state index contributed by atoms with van der Waals surface area (Å²) in [5.41, 5.74) is 2.60. The Morgan fingerprint density at radius 2 is 1.86 bits per heavy atom. The summed E-state index contributed by atoms with van der Waals surface area (Å²) in [5, 5.41) is 1.89. The van der Waals surface area contributed by atoms with Gasteiger partial charge in [0.1, 0.15) is 0 Å². The summed E-state index contributed by atoms with van der Waals surface area (Å²) in [6.07, 6.45) is 0.756. The maximum Gasteiger partial charge on any atom is 0.264 e. The van der Waals surface area contributed by atoms with E-state index in [4.69, 9.17) is 0 Å². The fourth-order valence-electron chi connectivity index (χ4n) is 3.18. The van der Waals surface area contributed by atoms with Crippen LogP contribution in [0.1, 0.15) is 20.8 Å². The van der Waals surface area contributed by atoms with Gasteiger partial charge in [0.2, 0.25) is 0 Å². The quantitative estimate of drug-likeness (QED) is 0.602. The van der Waals surface area contributed by atoms with Crippen LogP contribution in [0.25, 0.3) is 0 Å². The largest absolute Gasteiger partial charge is 0.333 e. The fraction of sp³-hybridized carbons (Fsp3) is 0.150. The molecule has 1 amide bonds. The number of rotatable bonds is 4. The lowest BCUT2D eigenvalue weighted by molar-refractivity contribution is 0.0739. The van der Waals surface area contributed by atoms with Crippen molar-refractivity contribution in [3.63, 3.8) is 0 Å². The molecule has 0 spiro atoms. The molecule has 1 aliphatic heterocycles. The monoisotopic (exact) mass is 476 g/mol. The van der Waals surface area contributed by atoms with Crippen molar-refractivity contribution in [2.24, 2.45) is 0 Å². The average molecular weight is 477 g/mol. The van der Waals surface area contributed by atoms with E-state index in [0.29, 0.717) is 18.8 Å². The molecule has 0 saturated heterocycles. The zero-order chi connectivity index (χ0) is 19.7. The molecule has 0 saturated carbocycles. The number of carbonyl (C=O) groups excluding carboxylic acids is 1. The average Bonchev–Trinajstić information content (AvgIpc) is 3.21. The van der Waals surface area contributed by atoms with Crippen LogP contribution in [0.4, 0.5) is 5.69 Å². The van der Waals surface area contributed by atoms with E-state index >= 15 is 0 Å². The number of halogens is 1. The summed E-state index contributed by atoms with van der Waals surface area (Å²) in [4.78, 5) is 15.3. The van der Waals surface area contributed by atoms with Crippen molar-refractivity contribution in [3.05, 3.63) is 80.5 Å². The van der Waals surface area contributed by atoms with Crippen LogP contribution in [0.15, 0.2) is 69.3 Å². The second kappa shape index (κ2) is 7.69. The second-order valence-electron chi connectivity index (χ2n) is 6.50. The van der Waals surface area contributed by atoms with Crippen molar-refractivity contribution in [2.75, 3.05) is 11.3 Å². The van der Waals surface area contributed by atoms with Gasteiger partial charge in [-0.1, -0.05) is 28.1 Å². The molecule has 1 N–H and O–H groups in total. The molecule has 0 aliphatic carbocycles. The van der Waals surface area contributed by atoms with Gasteiger partial charge in [-0.05, 0) is 65.4 Å². The van der Waals surface area contributed by atoms with Gasteiger partial charge in [0, 0.05) is 23.2 Å². The van der Waals surface area contributed by atoms with Crippen LogP contribution in [0, 0.1) is 0 Å². The number of sulfonamides is 1. The Bertz CT molecular complexity index is 1110. The molecule has 3 aromatic rings. The normalized spacial score (nSPS) is 13.8. The Balaban J connectivity index is 1.55. The third-order valence-corrected chi connectivity index (χ3v) is 7.40. The van der Waals surface area contributed by atoms with E-state index in [1.54, 1.807) is 35.2 Å². The first-order valence-electron chi connectivity index (χ1n) is 8.65. The van der Waals surface area contributed by atoms with Crippen LogP contribution in [0.5, 0.6) is 0 Å². The zero-order valence-corrected chi connectivity index (χ0v) is 18.0. The molecule has 5 nitrogen and oxygen atoms in total. The van der Waals surface area contributed by atoms with Gasteiger partial charge >= 0.3 is 0 Å². The predicted octanol–water partition coefficient (Wildman–Crippen LogP) is 4.51. The van der Waals surface area contributed by atoms with Gasteiger partial charge < -0.3 is 4.90 Å². The number of benzene rings is 2. The second-order valence-corrected chi connectivity index (χ2v) is 10.0. The summed E-state index contributed by atoms with van der Waals surface area (Å²) in [5.74, 6) is 0.0153. The third-order valence-electron chi connectivity index (χ3n) is 4.61. The number of amides is 1. The van der Waals surface area contributed by atoms with Gasteiger partial charge in [-0.3, -0.25) is 9.52 Å². The number of thiophene rings is 1. The molecular weight excluding hydrogens is 460 g/mol. The van der Waals surface area contributed by atoms with Crippen LogP contribution in [0.2, 0.25) is 0 Å². The van der Waals surface area contributed by atoms with Crippen LogP contribution < -0.4 is 4.72 Å². The fourth-order valence-corrected chi connectivity index (χ4v) is 5.18. The lowest BCUT2D eigenvalue weighted by atomic mass is 9.99. The minimum Gasteiger partial charge on any atom is -0.333 e. The summed E-state index contributed by atoms with van der Waals surface area (Å²) < 4.78 is 28.7. The van der Waals surface area contributed by atoms with Gasteiger partial charge in [-0.2, -0.15) is 0 Å². The highest BCUT2D eigenvalue weighted by Gasteiger charge is 2.23. The topological polar surface area (TPSA) is 66.5 Å². The summed E-state index contributed by atoms with van der Waals surface area (Å²) in [6, 6.07) is 15.7. The molecule has 0 atom stereocenters. The highest BCUT2D eigenvalue weighted by atomic mass is 79.9. The Kier molecular flexibility index (Phi) is 5.27. The van der Waals surface area contributed by atoms with E-state index in [2.05, 4.69) is 20.7 Å². The molecule has 28 heavy (non-hydrogen) atoms. The summed E-state index contributed by atoms with van der Waals surface area (Å²) >= 11 is 4.73. The lowest BCUT2D eigenvalue weighted by Gasteiger charge is -2.29. The van der Waals surface area contributed by atoms with Crippen LogP contribution in [0.3, 0.4) is 0 Å².